The molecule has 2 heterocycles. The Bertz CT molecular complexity index is 730. The first kappa shape index (κ1) is 13.8. The molecule has 1 N–H and O–H groups in total. The van der Waals surface area contributed by atoms with Gasteiger partial charge in [0.05, 0.1) is 5.41 Å². The number of likely N-dealkylation sites (N-methyl/N-ethyl adjacent to an activating group) is 1. The summed E-state index contributed by atoms with van der Waals surface area (Å²) in [7, 11) is 0. The molecule has 1 spiro atoms. The molecule has 2 bridgehead atoms. The van der Waals surface area contributed by atoms with E-state index in [2.05, 4.69) is 18.7 Å². The number of benzene rings is 1. The average Bonchev–Trinajstić information content (AvgIpc) is 2.89. The number of ether oxygens (including phenoxy) is 1. The van der Waals surface area contributed by atoms with Gasteiger partial charge in [0.1, 0.15) is 0 Å². The monoisotopic (exact) mass is 313 g/mol. The molecule has 1 saturated carbocycles. The molecular formula is C19H23NO3. The van der Waals surface area contributed by atoms with Crippen molar-refractivity contribution in [1.82, 2.24) is 4.90 Å². The number of piperidine rings is 1. The Balaban J connectivity index is 1.84. The number of carbonyl (C=O) groups is 1. The lowest BCUT2D eigenvalue weighted by molar-refractivity contribution is -0.151. The zero-order valence-electron chi connectivity index (χ0n) is 13.8. The fourth-order valence-electron chi connectivity index (χ4n) is 6.23. The van der Waals surface area contributed by atoms with Crippen LogP contribution in [0.25, 0.3) is 0 Å². The minimum Gasteiger partial charge on any atom is -0.504 e. The topological polar surface area (TPSA) is 49.8 Å². The number of hydrogen-bond donors (Lipinski definition) is 1. The van der Waals surface area contributed by atoms with Crippen LogP contribution in [0.2, 0.25) is 0 Å². The molecule has 122 valence electrons. The number of phenolic OH excluding ortho intramolecular Hbond substituents is 1. The normalized spacial score (nSPS) is 40.7. The summed E-state index contributed by atoms with van der Waals surface area (Å²) < 4.78 is 6.14. The molecule has 4 heteroatoms. The third kappa shape index (κ3) is 1.33. The van der Waals surface area contributed by atoms with Crippen molar-refractivity contribution in [1.29, 1.82) is 0 Å². The first-order valence-electron chi connectivity index (χ1n) is 8.81. The number of Topliss-reactive ketones (excluding diaryl/α,β-unsaturated/α-hetero) is 1. The summed E-state index contributed by atoms with van der Waals surface area (Å²) in [6.45, 7) is 6.66. The van der Waals surface area contributed by atoms with E-state index in [0.717, 1.165) is 37.9 Å². The molecule has 2 aliphatic heterocycles. The minimum absolute atomic E-state index is 0.0475. The third-order valence-electron chi connectivity index (χ3n) is 7.34. The number of hydrogen-bond acceptors (Lipinski definition) is 4. The minimum atomic E-state index is -0.398. The van der Waals surface area contributed by atoms with Crippen LogP contribution in [-0.4, -0.2) is 41.0 Å². The Morgan fingerprint density at radius 2 is 2.22 bits per heavy atom. The van der Waals surface area contributed by atoms with Crippen molar-refractivity contribution < 1.29 is 14.6 Å². The summed E-state index contributed by atoms with van der Waals surface area (Å²) in [6.07, 6.45) is 3.08. The van der Waals surface area contributed by atoms with Crippen LogP contribution in [0, 0.1) is 5.41 Å². The standard InChI is InChI=1S/C19H23NO3/c1-3-20-9-8-19-15-11-4-5-12(21)16(15)23-17(19)13(22)6-7-18(19,2)14(20)10-11/h4-5,14,17,21H,3,6-10H2,1-2H3/t14-,17+,18+,19+/m1/s1. The van der Waals surface area contributed by atoms with Gasteiger partial charge in [-0.3, -0.25) is 9.69 Å². The van der Waals surface area contributed by atoms with Crippen LogP contribution in [0.15, 0.2) is 12.1 Å². The van der Waals surface area contributed by atoms with E-state index in [9.17, 15) is 9.90 Å². The maximum absolute atomic E-state index is 12.7. The lowest BCUT2D eigenvalue weighted by Gasteiger charge is -2.64. The lowest BCUT2D eigenvalue weighted by atomic mass is 9.44. The molecular weight excluding hydrogens is 290 g/mol. The van der Waals surface area contributed by atoms with Gasteiger partial charge in [0.25, 0.3) is 0 Å². The average molecular weight is 313 g/mol. The van der Waals surface area contributed by atoms with Gasteiger partial charge < -0.3 is 9.84 Å². The molecule has 1 aromatic carbocycles. The number of ketones is 1. The van der Waals surface area contributed by atoms with Crippen LogP contribution in [0.1, 0.15) is 44.2 Å². The fourth-order valence-corrected chi connectivity index (χ4v) is 6.23. The van der Waals surface area contributed by atoms with Gasteiger partial charge in [0, 0.05) is 18.0 Å². The summed E-state index contributed by atoms with van der Waals surface area (Å²) in [5.74, 6) is 1.01. The van der Waals surface area contributed by atoms with Gasteiger partial charge >= 0.3 is 0 Å². The Morgan fingerprint density at radius 3 is 3.00 bits per heavy atom. The van der Waals surface area contributed by atoms with Crippen molar-refractivity contribution in [3.8, 4) is 11.5 Å². The van der Waals surface area contributed by atoms with E-state index < -0.39 is 6.10 Å². The molecule has 0 aromatic heterocycles. The smallest absolute Gasteiger partial charge is 0.174 e. The summed E-state index contributed by atoms with van der Waals surface area (Å²) in [5.41, 5.74) is 2.24. The van der Waals surface area contributed by atoms with Gasteiger partial charge in [-0.1, -0.05) is 19.9 Å². The third-order valence-corrected chi connectivity index (χ3v) is 7.34. The first-order chi connectivity index (χ1) is 11.0. The van der Waals surface area contributed by atoms with Crippen LogP contribution in [-0.2, 0) is 16.6 Å². The zero-order valence-corrected chi connectivity index (χ0v) is 13.8. The Kier molecular flexibility index (Phi) is 2.47. The second kappa shape index (κ2) is 4.10. The second-order valence-electron chi connectivity index (χ2n) is 7.90. The second-order valence-corrected chi connectivity index (χ2v) is 7.90. The molecule has 4 atom stereocenters. The van der Waals surface area contributed by atoms with Crippen LogP contribution < -0.4 is 4.74 Å². The Hall–Kier alpha value is -1.55. The van der Waals surface area contributed by atoms with Gasteiger partial charge in [-0.2, -0.15) is 0 Å². The molecule has 4 aliphatic rings. The molecule has 1 saturated heterocycles. The van der Waals surface area contributed by atoms with Gasteiger partial charge in [0.2, 0.25) is 0 Å². The molecule has 0 radical (unpaired) electrons. The van der Waals surface area contributed by atoms with Gasteiger partial charge in [-0.15, -0.1) is 0 Å². The van der Waals surface area contributed by atoms with Crippen molar-refractivity contribution in [3.05, 3.63) is 23.3 Å². The van der Waals surface area contributed by atoms with Crippen LogP contribution in [0.3, 0.4) is 0 Å². The first-order valence-corrected chi connectivity index (χ1v) is 8.81. The van der Waals surface area contributed by atoms with E-state index in [0.29, 0.717) is 18.2 Å². The van der Waals surface area contributed by atoms with Crippen molar-refractivity contribution in [2.75, 3.05) is 13.1 Å². The molecule has 2 aliphatic carbocycles. The Labute approximate surface area is 136 Å². The molecule has 0 amide bonds. The van der Waals surface area contributed by atoms with Crippen molar-refractivity contribution >= 4 is 5.78 Å². The SMILES string of the molecule is CCN1CC[C@]23c4c5ccc(O)c4O[C@H]2C(=O)CC[C@@]3(C)[C@H]1C5. The predicted octanol–water partition coefficient (Wildman–Crippen LogP) is 2.41. The van der Waals surface area contributed by atoms with E-state index in [4.69, 9.17) is 4.74 Å². The zero-order chi connectivity index (χ0) is 16.0. The van der Waals surface area contributed by atoms with Gasteiger partial charge in [0.15, 0.2) is 23.4 Å². The Morgan fingerprint density at radius 1 is 1.39 bits per heavy atom. The van der Waals surface area contributed by atoms with Crippen molar-refractivity contribution in [3.63, 3.8) is 0 Å². The highest BCUT2D eigenvalue weighted by atomic mass is 16.5. The maximum atomic E-state index is 12.7. The van der Waals surface area contributed by atoms with Crippen LogP contribution in [0.5, 0.6) is 11.5 Å². The molecule has 1 aromatic rings. The molecule has 5 rings (SSSR count). The largest absolute Gasteiger partial charge is 0.504 e. The summed E-state index contributed by atoms with van der Waals surface area (Å²) in [6, 6.07) is 4.25. The number of phenols is 1. The summed E-state index contributed by atoms with van der Waals surface area (Å²) in [5, 5.41) is 10.3. The maximum Gasteiger partial charge on any atom is 0.174 e. The van der Waals surface area contributed by atoms with Gasteiger partial charge in [-0.25, -0.2) is 0 Å². The molecule has 4 nitrogen and oxygen atoms in total. The van der Waals surface area contributed by atoms with E-state index in [1.165, 1.54) is 5.56 Å². The molecule has 0 unspecified atom stereocenters. The molecule has 23 heavy (non-hydrogen) atoms. The highest BCUT2D eigenvalue weighted by Gasteiger charge is 2.71. The number of likely N-dealkylation sites (tertiary alicyclic amines) is 1. The summed E-state index contributed by atoms with van der Waals surface area (Å²) in [4.78, 5) is 15.3. The fraction of sp³-hybridized carbons (Fsp3) is 0.632. The van der Waals surface area contributed by atoms with E-state index in [1.807, 2.05) is 6.07 Å². The van der Waals surface area contributed by atoms with Crippen molar-refractivity contribution in [2.45, 2.75) is 57.1 Å². The highest BCUT2D eigenvalue weighted by Crippen LogP contribution is 2.68. The van der Waals surface area contributed by atoms with Gasteiger partial charge in [-0.05, 0) is 49.4 Å². The molecule has 2 fully saturated rings. The highest BCUT2D eigenvalue weighted by molar-refractivity contribution is 5.89. The van der Waals surface area contributed by atoms with Crippen LogP contribution in [0.4, 0.5) is 0 Å². The lowest BCUT2D eigenvalue weighted by Crippen LogP contribution is -2.71. The summed E-state index contributed by atoms with van der Waals surface area (Å²) >= 11 is 0. The number of nitrogens with zero attached hydrogens (tertiary/aromatic N) is 1. The predicted molar refractivity (Wildman–Crippen MR) is 85.9 cm³/mol. The van der Waals surface area contributed by atoms with Crippen LogP contribution >= 0.6 is 0 Å². The van der Waals surface area contributed by atoms with E-state index in [-0.39, 0.29) is 22.4 Å². The van der Waals surface area contributed by atoms with Crippen molar-refractivity contribution in [2.24, 2.45) is 5.41 Å². The number of carbonyl (C=O) groups excluding carboxylic acids is 1. The van der Waals surface area contributed by atoms with E-state index in [1.54, 1.807) is 6.07 Å². The number of rotatable bonds is 1. The number of aromatic hydroxyl groups is 1. The van der Waals surface area contributed by atoms with E-state index >= 15 is 0 Å². The quantitative estimate of drug-likeness (QED) is 0.865.